The summed E-state index contributed by atoms with van der Waals surface area (Å²) in [7, 11) is 3.28. The Labute approximate surface area is 226 Å². The number of hydrogen-bond donors (Lipinski definition) is 1. The zero-order valence-electron chi connectivity index (χ0n) is 22.4. The third-order valence-corrected chi connectivity index (χ3v) is 8.29. The Morgan fingerprint density at radius 3 is 2.28 bits per heavy atom. The number of para-hydroxylation sites is 1. The summed E-state index contributed by atoms with van der Waals surface area (Å²) >= 11 is 0. The molecule has 2 aromatic rings. The molecule has 2 heterocycles. The number of nitrogens with zero attached hydrogens (tertiary/aromatic N) is 2. The van der Waals surface area contributed by atoms with Gasteiger partial charge in [-0.25, -0.2) is 0 Å². The van der Waals surface area contributed by atoms with Crippen LogP contribution in [0, 0.1) is 5.41 Å². The molecule has 1 spiro atoms. The SMILES string of the molecule is CN(C)C(=O)COc1ccccc1C1CNC(=O)CC12CCN(C(=O)[C@](C)(c1ccccc1)C(F)(F)F)CC2. The van der Waals surface area contributed by atoms with E-state index in [0.717, 1.165) is 12.5 Å². The van der Waals surface area contributed by atoms with Gasteiger partial charge in [-0.3, -0.25) is 14.4 Å². The van der Waals surface area contributed by atoms with Crippen molar-refractivity contribution in [2.45, 2.75) is 43.7 Å². The van der Waals surface area contributed by atoms with Crippen LogP contribution < -0.4 is 10.1 Å². The quantitative estimate of drug-likeness (QED) is 0.598. The van der Waals surface area contributed by atoms with E-state index in [9.17, 15) is 27.6 Å². The van der Waals surface area contributed by atoms with Crippen molar-refractivity contribution in [2.24, 2.45) is 5.41 Å². The Hall–Kier alpha value is -3.56. The first-order chi connectivity index (χ1) is 18.4. The molecule has 0 bridgehead atoms. The zero-order valence-corrected chi connectivity index (χ0v) is 22.4. The Balaban J connectivity index is 1.59. The maximum Gasteiger partial charge on any atom is 0.406 e. The molecule has 2 atom stereocenters. The molecule has 2 aliphatic rings. The fraction of sp³-hybridized carbons (Fsp3) is 0.483. The largest absolute Gasteiger partial charge is 0.483 e. The molecular weight excluding hydrogens is 511 g/mol. The van der Waals surface area contributed by atoms with Crippen LogP contribution in [0.3, 0.4) is 0 Å². The number of likely N-dealkylation sites (N-methyl/N-ethyl adjacent to an activating group) is 1. The number of rotatable bonds is 6. The molecular formula is C29H34F3N3O4. The molecule has 1 unspecified atom stereocenters. The van der Waals surface area contributed by atoms with Gasteiger partial charge in [-0.05, 0) is 42.4 Å². The molecule has 3 amide bonds. The number of halogens is 3. The average Bonchev–Trinajstić information content (AvgIpc) is 2.91. The van der Waals surface area contributed by atoms with Gasteiger partial charge in [0.05, 0.1) is 0 Å². The third kappa shape index (κ3) is 5.46. The van der Waals surface area contributed by atoms with Crippen molar-refractivity contribution in [3.05, 3.63) is 65.7 Å². The predicted molar refractivity (Wildman–Crippen MR) is 139 cm³/mol. The van der Waals surface area contributed by atoms with Crippen LogP contribution in [0.25, 0.3) is 0 Å². The standard InChI is InChI=1S/C29H34F3N3O4/c1-27(29(30,31)32,20-9-5-4-6-10-20)26(38)35-15-13-28(14-16-35)17-24(36)33-18-22(28)21-11-7-8-12-23(21)39-19-25(37)34(2)3/h4-12,22H,13-19H2,1-3H3,(H,33,36)/t22?,27-/m0/s1. The highest BCUT2D eigenvalue weighted by Gasteiger charge is 2.60. The summed E-state index contributed by atoms with van der Waals surface area (Å²) in [5.41, 5.74) is -2.52. The highest BCUT2D eigenvalue weighted by molar-refractivity contribution is 5.89. The number of benzene rings is 2. The van der Waals surface area contributed by atoms with Crippen LogP contribution >= 0.6 is 0 Å². The molecule has 2 aromatic carbocycles. The maximum absolute atomic E-state index is 14.4. The van der Waals surface area contributed by atoms with Crippen LogP contribution in [0.2, 0.25) is 0 Å². The van der Waals surface area contributed by atoms with Crippen molar-refractivity contribution in [1.29, 1.82) is 0 Å². The average molecular weight is 546 g/mol. The normalized spacial score (nSPS) is 20.6. The summed E-state index contributed by atoms with van der Waals surface area (Å²) < 4.78 is 49.0. The molecule has 4 rings (SSSR count). The summed E-state index contributed by atoms with van der Waals surface area (Å²) in [5.74, 6) is -0.980. The van der Waals surface area contributed by atoms with Gasteiger partial charge in [0.2, 0.25) is 11.8 Å². The first-order valence-electron chi connectivity index (χ1n) is 13.0. The van der Waals surface area contributed by atoms with Gasteiger partial charge in [0.1, 0.15) is 5.75 Å². The monoisotopic (exact) mass is 545 g/mol. The summed E-state index contributed by atoms with van der Waals surface area (Å²) in [6.07, 6.45) is -3.86. The highest BCUT2D eigenvalue weighted by Crippen LogP contribution is 2.51. The minimum absolute atomic E-state index is 0.100. The number of amides is 3. The fourth-order valence-electron chi connectivity index (χ4n) is 5.72. The Bertz CT molecular complexity index is 1210. The van der Waals surface area contributed by atoms with Gasteiger partial charge in [0.25, 0.3) is 5.91 Å². The summed E-state index contributed by atoms with van der Waals surface area (Å²) in [6.45, 7) is 1.33. The first kappa shape index (κ1) is 28.4. The molecule has 0 radical (unpaired) electrons. The number of hydrogen-bond acceptors (Lipinski definition) is 4. The summed E-state index contributed by atoms with van der Waals surface area (Å²) in [6, 6.07) is 14.6. The lowest BCUT2D eigenvalue weighted by Crippen LogP contribution is -2.58. The van der Waals surface area contributed by atoms with Gasteiger partial charge >= 0.3 is 6.18 Å². The molecule has 7 nitrogen and oxygen atoms in total. The van der Waals surface area contributed by atoms with Crippen molar-refractivity contribution < 1.29 is 32.3 Å². The third-order valence-electron chi connectivity index (χ3n) is 8.29. The topological polar surface area (TPSA) is 79.0 Å². The lowest BCUT2D eigenvalue weighted by molar-refractivity contribution is -0.198. The van der Waals surface area contributed by atoms with E-state index < -0.39 is 22.9 Å². The van der Waals surface area contributed by atoms with E-state index in [1.807, 2.05) is 12.1 Å². The molecule has 2 fully saturated rings. The molecule has 2 aliphatic heterocycles. The zero-order chi connectivity index (χ0) is 28.4. The van der Waals surface area contributed by atoms with Crippen molar-refractivity contribution in [2.75, 3.05) is 40.3 Å². The minimum Gasteiger partial charge on any atom is -0.483 e. The number of nitrogens with one attached hydrogen (secondary N) is 1. The second-order valence-corrected chi connectivity index (χ2v) is 10.8. The minimum atomic E-state index is -4.78. The number of carbonyl (C=O) groups excluding carboxylic acids is 3. The van der Waals surface area contributed by atoms with E-state index in [1.165, 1.54) is 34.1 Å². The van der Waals surface area contributed by atoms with Crippen LogP contribution in [-0.4, -0.2) is 74.0 Å². The maximum atomic E-state index is 14.4. The molecule has 10 heteroatoms. The van der Waals surface area contributed by atoms with Gasteiger partial charge in [-0.2, -0.15) is 13.2 Å². The fourth-order valence-corrected chi connectivity index (χ4v) is 5.72. The van der Waals surface area contributed by atoms with E-state index in [2.05, 4.69) is 5.32 Å². The van der Waals surface area contributed by atoms with Crippen LogP contribution in [0.1, 0.15) is 43.2 Å². The van der Waals surface area contributed by atoms with Gasteiger partial charge in [-0.15, -0.1) is 0 Å². The molecule has 0 aliphatic carbocycles. The first-order valence-corrected chi connectivity index (χ1v) is 13.0. The Morgan fingerprint density at radius 1 is 1.05 bits per heavy atom. The van der Waals surface area contributed by atoms with Crippen LogP contribution in [0.5, 0.6) is 5.75 Å². The lowest BCUT2D eigenvalue weighted by Gasteiger charge is -2.50. The second-order valence-electron chi connectivity index (χ2n) is 10.8. The number of likely N-dealkylation sites (tertiary alicyclic amines) is 1. The molecule has 0 aromatic heterocycles. The molecule has 1 N–H and O–H groups in total. The van der Waals surface area contributed by atoms with E-state index in [0.29, 0.717) is 25.1 Å². The van der Waals surface area contributed by atoms with E-state index in [-0.39, 0.29) is 49.4 Å². The van der Waals surface area contributed by atoms with Crippen molar-refractivity contribution in [3.63, 3.8) is 0 Å². The smallest absolute Gasteiger partial charge is 0.406 e. The van der Waals surface area contributed by atoms with Gasteiger partial charge in [0, 0.05) is 46.1 Å². The van der Waals surface area contributed by atoms with Crippen molar-refractivity contribution in [3.8, 4) is 5.75 Å². The highest BCUT2D eigenvalue weighted by atomic mass is 19.4. The van der Waals surface area contributed by atoms with E-state index in [4.69, 9.17) is 4.74 Å². The number of piperidine rings is 2. The summed E-state index contributed by atoms with van der Waals surface area (Å²) in [5, 5.41) is 2.91. The van der Waals surface area contributed by atoms with E-state index >= 15 is 0 Å². The number of ether oxygens (including phenoxy) is 1. The van der Waals surface area contributed by atoms with Crippen LogP contribution in [-0.2, 0) is 19.8 Å². The Morgan fingerprint density at radius 2 is 1.67 bits per heavy atom. The van der Waals surface area contributed by atoms with Gasteiger partial charge < -0.3 is 19.9 Å². The molecule has 2 saturated heterocycles. The van der Waals surface area contributed by atoms with Crippen molar-refractivity contribution >= 4 is 17.7 Å². The number of carbonyl (C=O) groups is 3. The van der Waals surface area contributed by atoms with Gasteiger partial charge in [-0.1, -0.05) is 48.5 Å². The number of alkyl halides is 3. The molecule has 0 saturated carbocycles. The molecule has 39 heavy (non-hydrogen) atoms. The molecule has 210 valence electrons. The predicted octanol–water partition coefficient (Wildman–Crippen LogP) is 3.89. The lowest BCUT2D eigenvalue weighted by atomic mass is 9.62. The van der Waals surface area contributed by atoms with Crippen molar-refractivity contribution in [1.82, 2.24) is 15.1 Å². The van der Waals surface area contributed by atoms with Crippen LogP contribution in [0.4, 0.5) is 13.2 Å². The van der Waals surface area contributed by atoms with E-state index in [1.54, 1.807) is 32.3 Å². The second kappa shape index (κ2) is 10.9. The Kier molecular flexibility index (Phi) is 7.95. The summed E-state index contributed by atoms with van der Waals surface area (Å²) in [4.78, 5) is 40.9. The van der Waals surface area contributed by atoms with Gasteiger partial charge in [0.15, 0.2) is 12.0 Å². The van der Waals surface area contributed by atoms with Crippen LogP contribution in [0.15, 0.2) is 54.6 Å².